The van der Waals surface area contributed by atoms with E-state index in [2.05, 4.69) is 0 Å². The molecule has 0 saturated heterocycles. The van der Waals surface area contributed by atoms with Gasteiger partial charge in [-0.15, -0.1) is 0 Å². The number of ether oxygens (including phenoxy) is 1. The summed E-state index contributed by atoms with van der Waals surface area (Å²) in [6.45, 7) is 0. The van der Waals surface area contributed by atoms with Gasteiger partial charge in [0.05, 0.1) is 5.02 Å². The fourth-order valence-corrected chi connectivity index (χ4v) is 1.76. The maximum Gasteiger partial charge on any atom is 0.146 e. The van der Waals surface area contributed by atoms with E-state index >= 15 is 0 Å². The van der Waals surface area contributed by atoms with Crippen LogP contribution in [0.5, 0.6) is 23.0 Å². The summed E-state index contributed by atoms with van der Waals surface area (Å²) in [4.78, 5) is 0. The second kappa shape index (κ2) is 4.73. The Morgan fingerprint density at radius 2 is 1.53 bits per heavy atom. The lowest BCUT2D eigenvalue weighted by Gasteiger charge is -2.08. The van der Waals surface area contributed by atoms with Crippen molar-refractivity contribution in [2.75, 3.05) is 0 Å². The molecule has 0 aliphatic rings. The number of phenols is 2. The van der Waals surface area contributed by atoms with Crippen LogP contribution in [-0.4, -0.2) is 10.2 Å². The van der Waals surface area contributed by atoms with Crippen molar-refractivity contribution in [2.45, 2.75) is 0 Å². The molecule has 0 saturated carbocycles. The molecule has 0 heterocycles. The molecule has 2 aromatic carbocycles. The topological polar surface area (TPSA) is 49.7 Å². The predicted molar refractivity (Wildman–Crippen MR) is 66.3 cm³/mol. The predicted octanol–water partition coefficient (Wildman–Crippen LogP) is 4.20. The zero-order valence-electron chi connectivity index (χ0n) is 8.52. The van der Waals surface area contributed by atoms with Gasteiger partial charge in [-0.25, -0.2) is 0 Å². The molecular formula is C12H8Cl2O3. The van der Waals surface area contributed by atoms with Crippen molar-refractivity contribution in [3.05, 3.63) is 46.4 Å². The molecule has 2 rings (SSSR count). The van der Waals surface area contributed by atoms with Crippen LogP contribution in [0.3, 0.4) is 0 Å². The van der Waals surface area contributed by atoms with E-state index in [1.54, 1.807) is 18.2 Å². The first-order chi connectivity index (χ1) is 8.04. The lowest BCUT2D eigenvalue weighted by atomic mass is 10.3. The van der Waals surface area contributed by atoms with Crippen molar-refractivity contribution >= 4 is 23.2 Å². The third-order valence-corrected chi connectivity index (χ3v) is 2.53. The first-order valence-electron chi connectivity index (χ1n) is 4.70. The molecule has 0 aromatic heterocycles. The Morgan fingerprint density at radius 3 is 2.12 bits per heavy atom. The van der Waals surface area contributed by atoms with Gasteiger partial charge in [-0.3, -0.25) is 0 Å². The van der Waals surface area contributed by atoms with E-state index in [0.29, 0.717) is 15.8 Å². The van der Waals surface area contributed by atoms with Crippen LogP contribution in [0.4, 0.5) is 0 Å². The van der Waals surface area contributed by atoms with Gasteiger partial charge >= 0.3 is 0 Å². The van der Waals surface area contributed by atoms with Gasteiger partial charge in [-0.1, -0.05) is 23.2 Å². The Hall–Kier alpha value is -1.58. The summed E-state index contributed by atoms with van der Waals surface area (Å²) in [5.41, 5.74) is 0. The van der Waals surface area contributed by atoms with Crippen LogP contribution in [0, 0.1) is 0 Å². The third kappa shape index (κ3) is 2.96. The Labute approximate surface area is 108 Å². The maximum absolute atomic E-state index is 9.29. The Morgan fingerprint density at radius 1 is 0.882 bits per heavy atom. The zero-order valence-corrected chi connectivity index (χ0v) is 10.0. The minimum Gasteiger partial charge on any atom is -0.508 e. The van der Waals surface area contributed by atoms with E-state index in [1.807, 2.05) is 0 Å². The van der Waals surface area contributed by atoms with Gasteiger partial charge in [0.25, 0.3) is 0 Å². The number of benzene rings is 2. The summed E-state index contributed by atoms with van der Waals surface area (Å²) >= 11 is 11.7. The van der Waals surface area contributed by atoms with Crippen LogP contribution < -0.4 is 4.74 Å². The largest absolute Gasteiger partial charge is 0.508 e. The first-order valence-corrected chi connectivity index (χ1v) is 5.46. The fourth-order valence-electron chi connectivity index (χ4n) is 1.31. The molecule has 0 atom stereocenters. The molecule has 2 N–H and O–H groups in total. The Balaban J connectivity index is 2.31. The normalized spacial score (nSPS) is 10.2. The molecule has 17 heavy (non-hydrogen) atoms. The highest BCUT2D eigenvalue weighted by atomic mass is 35.5. The number of phenolic OH excluding ortho intramolecular Hbond substituents is 2. The Kier molecular flexibility index (Phi) is 3.31. The summed E-state index contributed by atoms with van der Waals surface area (Å²) in [6.07, 6.45) is 0. The van der Waals surface area contributed by atoms with Crippen LogP contribution in [0.25, 0.3) is 0 Å². The van der Waals surface area contributed by atoms with Crippen LogP contribution in [0.15, 0.2) is 36.4 Å². The zero-order chi connectivity index (χ0) is 12.4. The van der Waals surface area contributed by atoms with Gasteiger partial charge in [-0.05, 0) is 18.2 Å². The second-order valence-corrected chi connectivity index (χ2v) is 4.21. The molecule has 0 spiro atoms. The lowest BCUT2D eigenvalue weighted by Crippen LogP contribution is -1.85. The summed E-state index contributed by atoms with van der Waals surface area (Å²) < 4.78 is 5.42. The maximum atomic E-state index is 9.29. The molecule has 0 aliphatic heterocycles. The van der Waals surface area contributed by atoms with E-state index in [1.165, 1.54) is 18.2 Å². The Bertz CT molecular complexity index is 535. The molecule has 0 aliphatic carbocycles. The highest BCUT2D eigenvalue weighted by Crippen LogP contribution is 2.34. The van der Waals surface area contributed by atoms with Gasteiger partial charge in [-0.2, -0.15) is 0 Å². The van der Waals surface area contributed by atoms with Gasteiger partial charge < -0.3 is 14.9 Å². The molecule has 0 amide bonds. The molecule has 0 unspecified atom stereocenters. The van der Waals surface area contributed by atoms with Crippen LogP contribution in [0.2, 0.25) is 10.0 Å². The molecule has 5 heteroatoms. The van der Waals surface area contributed by atoms with Crippen molar-refractivity contribution < 1.29 is 14.9 Å². The van der Waals surface area contributed by atoms with Crippen molar-refractivity contribution in [1.82, 2.24) is 0 Å². The summed E-state index contributed by atoms with van der Waals surface area (Å²) in [5, 5.41) is 19.4. The molecular weight excluding hydrogens is 263 g/mol. The second-order valence-electron chi connectivity index (χ2n) is 3.36. The molecule has 2 aromatic rings. The standard InChI is InChI=1S/C12H8Cl2O3/c13-7-1-2-12(11(14)3-7)17-10-5-8(15)4-9(16)6-10/h1-6,15-16H. The lowest BCUT2D eigenvalue weighted by molar-refractivity contribution is 0.432. The molecule has 0 bridgehead atoms. The quantitative estimate of drug-likeness (QED) is 0.860. The number of hydrogen-bond donors (Lipinski definition) is 2. The third-order valence-electron chi connectivity index (χ3n) is 2.00. The smallest absolute Gasteiger partial charge is 0.146 e. The highest BCUT2D eigenvalue weighted by molar-refractivity contribution is 6.35. The van der Waals surface area contributed by atoms with Gasteiger partial charge in [0.15, 0.2) is 0 Å². The molecule has 3 nitrogen and oxygen atoms in total. The summed E-state index contributed by atoms with van der Waals surface area (Å²) in [6, 6.07) is 8.71. The van der Waals surface area contributed by atoms with Crippen molar-refractivity contribution in [2.24, 2.45) is 0 Å². The van der Waals surface area contributed by atoms with E-state index < -0.39 is 0 Å². The van der Waals surface area contributed by atoms with E-state index in [-0.39, 0.29) is 17.2 Å². The average Bonchev–Trinajstić information content (AvgIpc) is 2.21. The van der Waals surface area contributed by atoms with Crippen molar-refractivity contribution in [3.8, 4) is 23.0 Å². The van der Waals surface area contributed by atoms with Crippen LogP contribution >= 0.6 is 23.2 Å². The van der Waals surface area contributed by atoms with Crippen molar-refractivity contribution in [1.29, 1.82) is 0 Å². The minimum atomic E-state index is -0.0925. The average molecular weight is 271 g/mol. The van der Waals surface area contributed by atoms with Gasteiger partial charge in [0, 0.05) is 23.2 Å². The SMILES string of the molecule is Oc1cc(O)cc(Oc2ccc(Cl)cc2Cl)c1. The van der Waals surface area contributed by atoms with Gasteiger partial charge in [0.2, 0.25) is 0 Å². The molecule has 0 radical (unpaired) electrons. The highest BCUT2D eigenvalue weighted by Gasteiger charge is 2.06. The monoisotopic (exact) mass is 270 g/mol. The number of halogens is 2. The van der Waals surface area contributed by atoms with Crippen molar-refractivity contribution in [3.63, 3.8) is 0 Å². The number of rotatable bonds is 2. The van der Waals surface area contributed by atoms with E-state index in [4.69, 9.17) is 27.9 Å². The summed E-state index contributed by atoms with van der Waals surface area (Å²) in [7, 11) is 0. The van der Waals surface area contributed by atoms with Gasteiger partial charge in [0.1, 0.15) is 23.0 Å². The fraction of sp³-hybridized carbons (Fsp3) is 0. The minimum absolute atomic E-state index is 0.0925. The van der Waals surface area contributed by atoms with E-state index in [9.17, 15) is 10.2 Å². The molecule has 88 valence electrons. The number of aromatic hydroxyl groups is 2. The molecule has 0 fully saturated rings. The van der Waals surface area contributed by atoms with Crippen LogP contribution in [0.1, 0.15) is 0 Å². The van der Waals surface area contributed by atoms with Crippen LogP contribution in [-0.2, 0) is 0 Å². The van der Waals surface area contributed by atoms with E-state index in [0.717, 1.165) is 0 Å². The first kappa shape index (κ1) is 11.9. The number of hydrogen-bond acceptors (Lipinski definition) is 3. The summed E-state index contributed by atoms with van der Waals surface area (Å²) in [5.74, 6) is 0.489.